The van der Waals surface area contributed by atoms with E-state index in [0.29, 0.717) is 101 Å². The van der Waals surface area contributed by atoms with Crippen molar-refractivity contribution < 1.29 is 48.1 Å². The van der Waals surface area contributed by atoms with Crippen LogP contribution in [0.2, 0.25) is 0 Å². The van der Waals surface area contributed by atoms with Crippen molar-refractivity contribution in [3.63, 3.8) is 0 Å². The molecule has 57 heavy (non-hydrogen) atoms. The van der Waals surface area contributed by atoms with Gasteiger partial charge in [0.05, 0.1) is 63.5 Å². The molecule has 5 rings (SSSR count). The smallest absolute Gasteiger partial charge is 0.325 e. The normalized spacial score (nSPS) is 31.4. The fourth-order valence-corrected chi connectivity index (χ4v) is 10.9. The highest BCUT2D eigenvalue weighted by atomic mass is 16.6. The van der Waals surface area contributed by atoms with Crippen LogP contribution in [0.3, 0.4) is 0 Å². The minimum absolute atomic E-state index is 0.149. The quantitative estimate of drug-likeness (QED) is 0.0272. The molecule has 0 aliphatic heterocycles. The molecule has 0 heterocycles. The van der Waals surface area contributed by atoms with Gasteiger partial charge in [-0.05, 0) is 117 Å². The zero-order valence-electron chi connectivity index (χ0n) is 33.9. The van der Waals surface area contributed by atoms with Gasteiger partial charge in [0, 0.05) is 19.0 Å². The van der Waals surface area contributed by atoms with Crippen LogP contribution < -0.4 is 11.1 Å². The van der Waals surface area contributed by atoms with Crippen LogP contribution in [0.1, 0.15) is 90.9 Å². The van der Waals surface area contributed by atoms with Crippen molar-refractivity contribution >= 4 is 23.4 Å². The molecular weight excluding hydrogens is 738 g/mol. The predicted molar refractivity (Wildman–Crippen MR) is 210 cm³/mol. The minimum atomic E-state index is -0.719. The first-order valence-corrected chi connectivity index (χ1v) is 21.0. The van der Waals surface area contributed by atoms with Crippen LogP contribution in [-0.4, -0.2) is 112 Å². The van der Waals surface area contributed by atoms with Gasteiger partial charge in [-0.2, -0.15) is 0 Å². The Morgan fingerprint density at radius 3 is 2.21 bits per heavy atom. The molecule has 7 unspecified atom stereocenters. The summed E-state index contributed by atoms with van der Waals surface area (Å²) in [7, 11) is 0. The SMILES string of the molecule is CC12CCC3C(CCC4C[C@H](OC(=O)CNC5=CC=C([N+](=O)[O-])C(=N)/C5=N\O)CCC43C)C1CCC2CCCC(=O)OCCOCCOCCOCCOCCN. The predicted octanol–water partition coefficient (Wildman–Crippen LogP) is 4.79. The summed E-state index contributed by atoms with van der Waals surface area (Å²) in [5.74, 6) is 2.61. The molecule has 4 fully saturated rings. The van der Waals surface area contributed by atoms with E-state index in [1.807, 2.05) is 0 Å². The Labute approximate surface area is 336 Å². The number of carbonyl (C=O) groups is 2. The van der Waals surface area contributed by atoms with Gasteiger partial charge >= 0.3 is 11.9 Å². The molecule has 0 spiro atoms. The lowest BCUT2D eigenvalue weighted by Crippen LogP contribution is -2.54. The minimum Gasteiger partial charge on any atom is -0.463 e. The zero-order valence-corrected chi connectivity index (χ0v) is 33.9. The van der Waals surface area contributed by atoms with Crippen LogP contribution in [-0.2, 0) is 38.0 Å². The number of esters is 2. The summed E-state index contributed by atoms with van der Waals surface area (Å²) in [5.41, 5.74) is 4.73. The van der Waals surface area contributed by atoms with Crippen molar-refractivity contribution in [1.82, 2.24) is 5.32 Å². The average Bonchev–Trinajstić information content (AvgIpc) is 3.53. The highest BCUT2D eigenvalue weighted by Gasteiger charge is 2.60. The van der Waals surface area contributed by atoms with Gasteiger partial charge in [0.15, 0.2) is 11.4 Å². The summed E-state index contributed by atoms with van der Waals surface area (Å²) >= 11 is 0. The first-order valence-electron chi connectivity index (χ1n) is 21.0. The maximum Gasteiger partial charge on any atom is 0.325 e. The van der Waals surface area contributed by atoms with Gasteiger partial charge in [0.25, 0.3) is 5.70 Å². The lowest BCUT2D eigenvalue weighted by molar-refractivity contribution is -0.414. The molecule has 0 aromatic carbocycles. The van der Waals surface area contributed by atoms with E-state index in [0.717, 1.165) is 44.6 Å². The van der Waals surface area contributed by atoms with Gasteiger partial charge in [-0.1, -0.05) is 19.0 Å². The van der Waals surface area contributed by atoms with Crippen molar-refractivity contribution in [2.75, 3.05) is 72.6 Å². The van der Waals surface area contributed by atoms with Crippen molar-refractivity contribution in [2.24, 2.45) is 51.3 Å². The summed E-state index contributed by atoms with van der Waals surface area (Å²) in [6, 6.07) is 0. The third-order valence-electron chi connectivity index (χ3n) is 13.8. The van der Waals surface area contributed by atoms with Gasteiger partial charge < -0.3 is 44.7 Å². The molecule has 0 radical (unpaired) electrons. The van der Waals surface area contributed by atoms with Crippen molar-refractivity contribution in [2.45, 2.75) is 97.0 Å². The molecule has 320 valence electrons. The molecule has 5 aliphatic carbocycles. The highest BCUT2D eigenvalue weighted by molar-refractivity contribution is 6.52. The first-order chi connectivity index (χ1) is 27.5. The number of hydrogen-bond donors (Lipinski definition) is 4. The van der Waals surface area contributed by atoms with E-state index in [1.54, 1.807) is 0 Å². The highest BCUT2D eigenvalue weighted by Crippen LogP contribution is 2.68. The van der Waals surface area contributed by atoms with E-state index < -0.39 is 22.3 Å². The summed E-state index contributed by atoms with van der Waals surface area (Å²) < 4.78 is 33.0. The van der Waals surface area contributed by atoms with Crippen LogP contribution in [0.15, 0.2) is 28.7 Å². The van der Waals surface area contributed by atoms with Crippen LogP contribution in [0.5, 0.6) is 0 Å². The number of nitrogens with zero attached hydrogens (tertiary/aromatic N) is 2. The molecular formula is C41H65N5O11. The Bertz CT molecular complexity index is 1490. The number of nitrogens with one attached hydrogen (secondary N) is 2. The number of allylic oxidation sites excluding steroid dienone is 4. The zero-order chi connectivity index (χ0) is 40.8. The largest absolute Gasteiger partial charge is 0.463 e. The summed E-state index contributed by atoms with van der Waals surface area (Å²) in [5, 5.41) is 34.3. The van der Waals surface area contributed by atoms with E-state index >= 15 is 0 Å². The molecule has 0 bridgehead atoms. The Morgan fingerprint density at radius 2 is 1.54 bits per heavy atom. The second-order valence-electron chi connectivity index (χ2n) is 16.8. The third kappa shape index (κ3) is 11.4. The average molecular weight is 804 g/mol. The molecule has 0 saturated heterocycles. The maximum absolute atomic E-state index is 12.9. The number of oxime groups is 1. The Kier molecular flexibility index (Phi) is 16.9. The number of hydrogen-bond acceptors (Lipinski definition) is 15. The lowest BCUT2D eigenvalue weighted by Gasteiger charge is -2.61. The molecule has 8 atom stereocenters. The summed E-state index contributed by atoms with van der Waals surface area (Å²) in [6.45, 7) is 9.35. The number of nitro groups is 1. The fourth-order valence-electron chi connectivity index (χ4n) is 10.9. The van der Waals surface area contributed by atoms with Crippen LogP contribution in [0.4, 0.5) is 0 Å². The van der Waals surface area contributed by atoms with E-state index in [1.165, 1.54) is 38.2 Å². The molecule has 5 aliphatic rings. The standard InChI is InChI=1S/C41H65N5O11/c1-40-15-13-33-31(32(40)9-7-28(40)4-3-5-36(47)56-25-24-55-23-22-54-21-20-53-19-18-52-17-16-42)8-6-29-26-30(12-14-41(29,33)2)57-37(48)27-44-34-10-11-35(46(50)51)38(43)39(34)45-49/h10-11,28-33,43-44,49H,3-9,12-27,42H2,1-2H3/b43-38?,45-39-/t28?,29?,30-,31?,32?,33?,40?,41?/m1/s1. The second kappa shape index (κ2) is 21.5. The summed E-state index contributed by atoms with van der Waals surface area (Å²) in [6.07, 6.45) is 14.6. The Hall–Kier alpha value is -3.44. The molecule has 0 aromatic heterocycles. The lowest BCUT2D eigenvalue weighted by atomic mass is 9.44. The molecule has 5 N–H and O–H groups in total. The Balaban J connectivity index is 0.965. The van der Waals surface area contributed by atoms with Gasteiger partial charge in [-0.15, -0.1) is 0 Å². The van der Waals surface area contributed by atoms with Crippen LogP contribution in [0, 0.1) is 55.9 Å². The van der Waals surface area contributed by atoms with E-state index in [4.69, 9.17) is 39.6 Å². The van der Waals surface area contributed by atoms with Crippen LogP contribution in [0.25, 0.3) is 0 Å². The monoisotopic (exact) mass is 803 g/mol. The van der Waals surface area contributed by atoms with E-state index in [-0.39, 0.29) is 42.0 Å². The molecule has 16 heteroatoms. The van der Waals surface area contributed by atoms with Crippen molar-refractivity contribution in [3.8, 4) is 0 Å². The van der Waals surface area contributed by atoms with Gasteiger partial charge in [0.1, 0.15) is 19.3 Å². The number of ether oxygens (including phenoxy) is 6. The molecule has 4 saturated carbocycles. The molecule has 16 nitrogen and oxygen atoms in total. The van der Waals surface area contributed by atoms with Crippen molar-refractivity contribution in [1.29, 1.82) is 5.41 Å². The van der Waals surface area contributed by atoms with E-state index in [9.17, 15) is 24.9 Å². The third-order valence-corrected chi connectivity index (χ3v) is 13.8. The maximum atomic E-state index is 12.9. The molecule has 0 amide bonds. The van der Waals surface area contributed by atoms with Gasteiger partial charge in [-0.25, -0.2) is 0 Å². The number of carbonyl (C=O) groups excluding carboxylic acids is 2. The van der Waals surface area contributed by atoms with Gasteiger partial charge in [0.2, 0.25) is 0 Å². The van der Waals surface area contributed by atoms with Crippen LogP contribution >= 0.6 is 0 Å². The molecule has 0 aromatic rings. The Morgan fingerprint density at radius 1 is 0.895 bits per heavy atom. The topological polar surface area (TPSA) is 227 Å². The number of fused-ring (bicyclic) bond motifs is 5. The van der Waals surface area contributed by atoms with Gasteiger partial charge in [-0.3, -0.25) is 25.1 Å². The second-order valence-corrected chi connectivity index (χ2v) is 16.8. The van der Waals surface area contributed by atoms with Crippen molar-refractivity contribution in [3.05, 3.63) is 33.7 Å². The van der Waals surface area contributed by atoms with E-state index in [2.05, 4.69) is 24.3 Å². The number of nitrogens with two attached hydrogens (primary N) is 1. The fraction of sp³-hybridized carbons (Fsp3) is 0.805. The number of rotatable bonds is 23. The summed E-state index contributed by atoms with van der Waals surface area (Å²) in [4.78, 5) is 35.8. The first kappa shape index (κ1) is 44.7.